The van der Waals surface area contributed by atoms with E-state index < -0.39 is 28.6 Å². The number of sulfonamides is 1. The normalized spacial score (nSPS) is 24.8. The van der Waals surface area contributed by atoms with E-state index in [2.05, 4.69) is 20.8 Å². The zero-order valence-electron chi connectivity index (χ0n) is 18.6. The highest BCUT2D eigenvalue weighted by molar-refractivity contribution is 7.89. The van der Waals surface area contributed by atoms with Crippen LogP contribution in [0.25, 0.3) is 0 Å². The third kappa shape index (κ3) is 5.86. The summed E-state index contributed by atoms with van der Waals surface area (Å²) in [6, 6.07) is 5.63. The van der Waals surface area contributed by atoms with Crippen LogP contribution in [0.1, 0.15) is 63.2 Å². The molecule has 0 bridgehead atoms. The maximum atomic E-state index is 12.6. The molecule has 0 N–H and O–H groups in total. The summed E-state index contributed by atoms with van der Waals surface area (Å²) in [6.45, 7) is 7.01. The van der Waals surface area contributed by atoms with Gasteiger partial charge in [-0.25, -0.2) is 18.0 Å². The lowest BCUT2D eigenvalue weighted by Crippen LogP contribution is -2.36. The van der Waals surface area contributed by atoms with Gasteiger partial charge in [0.2, 0.25) is 10.0 Å². The largest absolute Gasteiger partial charge is 0.460 e. The summed E-state index contributed by atoms with van der Waals surface area (Å²) in [5, 5.41) is 0. The maximum Gasteiger partial charge on any atom is 0.344 e. The Morgan fingerprint density at radius 2 is 1.74 bits per heavy atom. The average molecular weight is 452 g/mol. The Morgan fingerprint density at radius 1 is 1.10 bits per heavy atom. The van der Waals surface area contributed by atoms with Crippen molar-refractivity contribution < 1.29 is 27.5 Å². The van der Waals surface area contributed by atoms with Crippen molar-refractivity contribution in [2.24, 2.45) is 17.8 Å². The van der Waals surface area contributed by atoms with Crippen molar-refractivity contribution in [2.75, 3.05) is 19.7 Å². The quantitative estimate of drug-likeness (QED) is 0.588. The van der Waals surface area contributed by atoms with Crippen molar-refractivity contribution in [1.82, 2.24) is 4.31 Å². The van der Waals surface area contributed by atoms with Crippen LogP contribution in [0.2, 0.25) is 0 Å². The van der Waals surface area contributed by atoms with E-state index in [4.69, 9.17) is 9.47 Å². The molecule has 1 saturated carbocycles. The highest BCUT2D eigenvalue weighted by Gasteiger charge is 2.33. The van der Waals surface area contributed by atoms with E-state index in [1.54, 1.807) is 0 Å². The van der Waals surface area contributed by atoms with Crippen LogP contribution in [-0.4, -0.2) is 50.5 Å². The lowest BCUT2D eigenvalue weighted by atomic mass is 9.75. The average Bonchev–Trinajstić information content (AvgIpc) is 3.28. The van der Waals surface area contributed by atoms with Crippen LogP contribution in [0, 0.1) is 17.8 Å². The predicted molar refractivity (Wildman–Crippen MR) is 116 cm³/mol. The molecule has 2 aliphatic rings. The van der Waals surface area contributed by atoms with E-state index in [0.717, 1.165) is 32.1 Å². The number of rotatable bonds is 7. The van der Waals surface area contributed by atoms with E-state index in [9.17, 15) is 18.0 Å². The van der Waals surface area contributed by atoms with Crippen LogP contribution < -0.4 is 0 Å². The third-order valence-corrected chi connectivity index (χ3v) is 8.27. The van der Waals surface area contributed by atoms with E-state index >= 15 is 0 Å². The second-order valence-electron chi connectivity index (χ2n) is 9.07. The summed E-state index contributed by atoms with van der Waals surface area (Å²) in [5.41, 5.74) is 0.194. The van der Waals surface area contributed by atoms with Gasteiger partial charge < -0.3 is 9.47 Å². The van der Waals surface area contributed by atoms with E-state index in [1.807, 2.05) is 0 Å². The summed E-state index contributed by atoms with van der Waals surface area (Å²) >= 11 is 0. The number of carbonyl (C=O) groups excluding carboxylic acids is 2. The lowest BCUT2D eigenvalue weighted by molar-refractivity contribution is -0.159. The van der Waals surface area contributed by atoms with Crippen LogP contribution in [0.5, 0.6) is 0 Å². The summed E-state index contributed by atoms with van der Waals surface area (Å²) in [6.07, 6.45) is 4.56. The molecule has 8 heteroatoms. The van der Waals surface area contributed by atoms with Crippen LogP contribution in [0.3, 0.4) is 0 Å². The minimum atomic E-state index is -3.53. The predicted octanol–water partition coefficient (Wildman–Crippen LogP) is 3.63. The number of esters is 2. The fourth-order valence-electron chi connectivity index (χ4n) is 4.50. The summed E-state index contributed by atoms with van der Waals surface area (Å²) in [4.78, 5) is 24.7. The van der Waals surface area contributed by atoms with E-state index in [-0.39, 0.29) is 16.6 Å². The van der Waals surface area contributed by atoms with Crippen molar-refractivity contribution >= 4 is 22.0 Å². The molecule has 0 amide bonds. The highest BCUT2D eigenvalue weighted by Crippen LogP contribution is 2.35. The molecular formula is C23H33NO6S. The number of carbonyl (C=O) groups is 2. The SMILES string of the molecule is CC(C)[C@@H]1CC[C@H](C)C[C@H]1OC(=O)COC(=O)c1ccc(S(=O)(=O)N2CCCC2)cc1. The molecule has 172 valence electrons. The topological polar surface area (TPSA) is 90.0 Å². The number of nitrogens with zero attached hydrogens (tertiary/aromatic N) is 1. The van der Waals surface area contributed by atoms with Crippen LogP contribution in [-0.2, 0) is 24.3 Å². The van der Waals surface area contributed by atoms with Gasteiger partial charge in [0, 0.05) is 13.1 Å². The molecule has 1 aromatic rings. The Kier molecular flexibility index (Phi) is 7.75. The molecule has 1 heterocycles. The number of hydrogen-bond acceptors (Lipinski definition) is 6. The molecule has 31 heavy (non-hydrogen) atoms. The van der Waals surface area contributed by atoms with Gasteiger partial charge >= 0.3 is 11.9 Å². The van der Waals surface area contributed by atoms with E-state index in [0.29, 0.717) is 30.8 Å². The van der Waals surface area contributed by atoms with Crippen LogP contribution in [0.4, 0.5) is 0 Å². The van der Waals surface area contributed by atoms with Gasteiger partial charge in [0.1, 0.15) is 6.10 Å². The van der Waals surface area contributed by atoms with Gasteiger partial charge in [-0.2, -0.15) is 4.31 Å². The van der Waals surface area contributed by atoms with Crippen molar-refractivity contribution in [1.29, 1.82) is 0 Å². The standard InChI is InChI=1S/C23H33NO6S/c1-16(2)20-11-6-17(3)14-21(20)30-22(25)15-29-23(26)18-7-9-19(10-8-18)31(27,28)24-12-4-5-13-24/h7-10,16-17,20-21H,4-6,11-15H2,1-3H3/t17-,20-,21+/m0/s1. The third-order valence-electron chi connectivity index (χ3n) is 6.36. The maximum absolute atomic E-state index is 12.6. The minimum Gasteiger partial charge on any atom is -0.460 e. The van der Waals surface area contributed by atoms with Crippen LogP contribution in [0.15, 0.2) is 29.2 Å². The summed E-state index contributed by atoms with van der Waals surface area (Å²) in [7, 11) is -3.53. The van der Waals surface area contributed by atoms with Gasteiger partial charge in [-0.15, -0.1) is 0 Å². The highest BCUT2D eigenvalue weighted by atomic mass is 32.2. The van der Waals surface area contributed by atoms with Gasteiger partial charge in [0.15, 0.2) is 6.61 Å². The molecule has 1 aromatic carbocycles. The molecular weight excluding hydrogens is 418 g/mol. The van der Waals surface area contributed by atoms with E-state index in [1.165, 1.54) is 28.6 Å². The molecule has 0 spiro atoms. The Morgan fingerprint density at radius 3 is 2.35 bits per heavy atom. The first-order chi connectivity index (χ1) is 14.7. The molecule has 2 fully saturated rings. The monoisotopic (exact) mass is 451 g/mol. The molecule has 1 aliphatic carbocycles. The Labute approximate surface area is 185 Å². The molecule has 3 atom stereocenters. The minimum absolute atomic E-state index is 0.148. The summed E-state index contributed by atoms with van der Waals surface area (Å²) < 4.78 is 37.3. The van der Waals surface area contributed by atoms with Gasteiger partial charge in [0.05, 0.1) is 10.5 Å². The molecule has 0 radical (unpaired) electrons. The lowest BCUT2D eigenvalue weighted by Gasteiger charge is -2.36. The molecule has 7 nitrogen and oxygen atoms in total. The van der Waals surface area contributed by atoms with Crippen molar-refractivity contribution in [3.05, 3.63) is 29.8 Å². The first kappa shape index (κ1) is 23.7. The first-order valence-corrected chi connectivity index (χ1v) is 12.6. The molecule has 0 unspecified atom stereocenters. The molecule has 1 saturated heterocycles. The van der Waals surface area contributed by atoms with Gasteiger partial charge in [0.25, 0.3) is 0 Å². The first-order valence-electron chi connectivity index (χ1n) is 11.1. The van der Waals surface area contributed by atoms with Crippen molar-refractivity contribution in [2.45, 2.75) is 63.9 Å². The fraction of sp³-hybridized carbons (Fsp3) is 0.652. The van der Waals surface area contributed by atoms with Crippen LogP contribution >= 0.6 is 0 Å². The summed E-state index contributed by atoms with van der Waals surface area (Å²) in [5.74, 6) is 0.0145. The van der Waals surface area contributed by atoms with Gasteiger partial charge in [-0.1, -0.05) is 27.2 Å². The zero-order chi connectivity index (χ0) is 22.6. The Hall–Kier alpha value is -1.93. The Bertz CT molecular complexity index is 874. The van der Waals surface area contributed by atoms with Gasteiger partial charge in [-0.05, 0) is 67.7 Å². The smallest absolute Gasteiger partial charge is 0.344 e. The number of ether oxygens (including phenoxy) is 2. The second kappa shape index (κ2) is 10.1. The fourth-order valence-corrected chi connectivity index (χ4v) is 6.02. The molecule has 3 rings (SSSR count). The number of hydrogen-bond donors (Lipinski definition) is 0. The number of benzene rings is 1. The van der Waals surface area contributed by atoms with Crippen molar-refractivity contribution in [3.63, 3.8) is 0 Å². The molecule has 1 aliphatic heterocycles. The van der Waals surface area contributed by atoms with Gasteiger partial charge in [-0.3, -0.25) is 0 Å². The zero-order valence-corrected chi connectivity index (χ0v) is 19.4. The second-order valence-corrected chi connectivity index (χ2v) is 11.0. The van der Waals surface area contributed by atoms with Crippen molar-refractivity contribution in [3.8, 4) is 0 Å². The molecule has 0 aromatic heterocycles. The Balaban J connectivity index is 1.53.